The maximum absolute atomic E-state index is 6.75. The van der Waals surface area contributed by atoms with Crippen molar-refractivity contribution in [1.82, 2.24) is 0 Å². The van der Waals surface area contributed by atoms with Gasteiger partial charge in [0, 0.05) is 6.61 Å². The van der Waals surface area contributed by atoms with Gasteiger partial charge < -0.3 is 61.6 Å². The van der Waals surface area contributed by atoms with Crippen LogP contribution in [0.4, 0.5) is 0 Å². The molecule has 0 N–H and O–H groups in total. The normalized spacial score (nSPS) is 11.8. The van der Waals surface area contributed by atoms with Crippen LogP contribution in [0.15, 0.2) is 91.0 Å². The van der Waals surface area contributed by atoms with Crippen molar-refractivity contribution in [3.05, 3.63) is 108 Å². The zero-order valence-corrected chi connectivity index (χ0v) is 44.5. The van der Waals surface area contributed by atoms with Crippen LogP contribution in [0.2, 0.25) is 0 Å². The lowest BCUT2D eigenvalue weighted by Gasteiger charge is -2.36. The Bertz CT molecular complexity index is 1430. The third-order valence-corrected chi connectivity index (χ3v) is 11.8. The molecule has 0 amide bonds. The van der Waals surface area contributed by atoms with Gasteiger partial charge in [0.2, 0.25) is 0 Å². The van der Waals surface area contributed by atoms with Crippen LogP contribution >= 0.6 is 0 Å². The number of hydrogen-bond acceptors (Lipinski definition) is 13. The second-order valence-electron chi connectivity index (χ2n) is 17.6. The molecule has 0 saturated carbocycles. The zero-order valence-electron chi connectivity index (χ0n) is 44.5. The molecule has 0 bridgehead atoms. The van der Waals surface area contributed by atoms with Crippen molar-refractivity contribution in [2.45, 2.75) is 102 Å². The summed E-state index contributed by atoms with van der Waals surface area (Å²) in [6.07, 6.45) is 19.2. The van der Waals surface area contributed by atoms with Crippen molar-refractivity contribution in [2.24, 2.45) is 0 Å². The molecule has 13 nitrogen and oxygen atoms in total. The van der Waals surface area contributed by atoms with Gasteiger partial charge >= 0.3 is 0 Å². The second kappa shape index (κ2) is 49.0. The summed E-state index contributed by atoms with van der Waals surface area (Å²) in [5.41, 5.74) is 2.45. The van der Waals surface area contributed by atoms with Gasteiger partial charge in [-0.05, 0) is 23.1 Å². The van der Waals surface area contributed by atoms with Gasteiger partial charge in [-0.3, -0.25) is 0 Å². The van der Waals surface area contributed by atoms with E-state index in [1.54, 1.807) is 0 Å². The Morgan fingerprint density at radius 1 is 0.222 bits per heavy atom. The van der Waals surface area contributed by atoms with E-state index in [4.69, 9.17) is 61.6 Å². The number of hydrogen-bond donors (Lipinski definition) is 0. The Kier molecular flexibility index (Phi) is 43.2. The lowest BCUT2D eigenvalue weighted by molar-refractivity contribution is -0.0399. The van der Waals surface area contributed by atoms with Crippen LogP contribution in [0, 0.1) is 0 Å². The molecular formula is C59H96O13. The third-order valence-electron chi connectivity index (χ3n) is 11.8. The summed E-state index contributed by atoms with van der Waals surface area (Å²) in [5.74, 6) is 0. The maximum Gasteiger partial charge on any atom is 0.143 e. The molecule has 3 aromatic carbocycles. The van der Waals surface area contributed by atoms with Crippen LogP contribution in [-0.4, -0.2) is 165 Å². The van der Waals surface area contributed by atoms with E-state index in [2.05, 4.69) is 43.3 Å². The summed E-state index contributed by atoms with van der Waals surface area (Å²) in [7, 11) is 0. The Labute approximate surface area is 435 Å². The first kappa shape index (κ1) is 63.4. The molecule has 0 heterocycles. The smallest absolute Gasteiger partial charge is 0.143 e. The summed E-state index contributed by atoms with van der Waals surface area (Å²) in [6, 6.07) is 31.0. The third kappa shape index (κ3) is 33.9. The van der Waals surface area contributed by atoms with Crippen molar-refractivity contribution >= 4 is 0 Å². The summed E-state index contributed by atoms with van der Waals surface area (Å²) in [6.45, 7) is 15.4. The molecule has 3 rings (SSSR count). The molecule has 0 aromatic heterocycles. The predicted octanol–water partition coefficient (Wildman–Crippen LogP) is 10.7. The lowest BCUT2D eigenvalue weighted by atomic mass is 9.80. The molecule has 0 spiro atoms. The Hall–Kier alpha value is -2.86. The van der Waals surface area contributed by atoms with Crippen LogP contribution in [0.25, 0.3) is 0 Å². The van der Waals surface area contributed by atoms with Crippen molar-refractivity contribution in [1.29, 1.82) is 0 Å². The van der Waals surface area contributed by atoms with Crippen molar-refractivity contribution in [3.8, 4) is 0 Å². The van der Waals surface area contributed by atoms with Crippen molar-refractivity contribution < 1.29 is 61.6 Å². The number of rotatable bonds is 55. The Morgan fingerprint density at radius 2 is 0.417 bits per heavy atom. The minimum Gasteiger partial charge on any atom is -0.379 e. The Balaban J connectivity index is 0.941. The molecule has 3 aromatic rings. The van der Waals surface area contributed by atoms with E-state index in [0.29, 0.717) is 159 Å². The van der Waals surface area contributed by atoms with Gasteiger partial charge in [-0.25, -0.2) is 0 Å². The highest BCUT2D eigenvalue weighted by Crippen LogP contribution is 2.40. The molecule has 0 radical (unpaired) electrons. The van der Waals surface area contributed by atoms with Crippen molar-refractivity contribution in [3.63, 3.8) is 0 Å². The topological polar surface area (TPSA) is 120 Å². The molecule has 0 unspecified atom stereocenters. The second-order valence-corrected chi connectivity index (χ2v) is 17.6. The molecule has 0 aliphatic rings. The lowest BCUT2D eigenvalue weighted by Crippen LogP contribution is -2.34. The summed E-state index contributed by atoms with van der Waals surface area (Å²) in [5, 5.41) is 0. The molecule has 0 atom stereocenters. The van der Waals surface area contributed by atoms with E-state index in [9.17, 15) is 0 Å². The zero-order chi connectivity index (χ0) is 50.6. The van der Waals surface area contributed by atoms with Gasteiger partial charge in [0.05, 0.1) is 159 Å². The quantitative estimate of drug-likeness (QED) is 0.0394. The fourth-order valence-electron chi connectivity index (χ4n) is 7.94. The number of ether oxygens (including phenoxy) is 13. The van der Waals surface area contributed by atoms with Gasteiger partial charge in [-0.15, -0.1) is 0 Å². The maximum atomic E-state index is 6.75. The Morgan fingerprint density at radius 3 is 0.653 bits per heavy atom. The van der Waals surface area contributed by atoms with Gasteiger partial charge in [0.1, 0.15) is 5.60 Å². The van der Waals surface area contributed by atoms with E-state index in [1.165, 1.54) is 83.5 Å². The average molecular weight is 1010 g/mol. The van der Waals surface area contributed by atoms with E-state index in [-0.39, 0.29) is 0 Å². The highest BCUT2D eigenvalue weighted by Gasteiger charge is 2.37. The van der Waals surface area contributed by atoms with Crippen LogP contribution in [0.5, 0.6) is 0 Å². The van der Waals surface area contributed by atoms with Crippen molar-refractivity contribution in [2.75, 3.05) is 165 Å². The molecule has 0 fully saturated rings. The predicted molar refractivity (Wildman–Crippen MR) is 285 cm³/mol. The van der Waals surface area contributed by atoms with Crippen LogP contribution in [0.3, 0.4) is 0 Å². The molecule has 13 heteroatoms. The summed E-state index contributed by atoms with van der Waals surface area (Å²) >= 11 is 0. The van der Waals surface area contributed by atoms with Gasteiger partial charge in [0.25, 0.3) is 0 Å². The van der Waals surface area contributed by atoms with Crippen LogP contribution in [0.1, 0.15) is 114 Å². The highest BCUT2D eigenvalue weighted by molar-refractivity contribution is 5.47. The minimum absolute atomic E-state index is 0.415. The summed E-state index contributed by atoms with van der Waals surface area (Å²) < 4.78 is 74.2. The molecule has 0 saturated heterocycles. The first-order valence-corrected chi connectivity index (χ1v) is 27.6. The minimum atomic E-state index is -0.755. The summed E-state index contributed by atoms with van der Waals surface area (Å²) in [4.78, 5) is 0. The standard InChI is InChI=1S/C59H96O13/c1-2-3-4-5-6-7-8-9-10-11-12-13-14-24-31-60-32-33-61-34-35-62-36-37-63-38-39-64-40-41-65-42-43-66-44-45-67-46-47-68-48-49-69-50-51-70-52-53-71-54-55-72-59(56-25-18-15-19-26-56,57-27-20-16-21-28-57)58-29-22-17-23-30-58/h15-23,25-30H,2-14,24,31-55H2,1H3. The van der Waals surface area contributed by atoms with E-state index in [1.807, 2.05) is 54.6 Å². The van der Waals surface area contributed by atoms with E-state index in [0.717, 1.165) is 29.7 Å². The van der Waals surface area contributed by atoms with Gasteiger partial charge in [-0.2, -0.15) is 0 Å². The first-order chi connectivity index (χ1) is 35.9. The van der Waals surface area contributed by atoms with Crippen LogP contribution in [-0.2, 0) is 67.2 Å². The average Bonchev–Trinajstić information content (AvgIpc) is 3.42. The van der Waals surface area contributed by atoms with Gasteiger partial charge in [-0.1, -0.05) is 181 Å². The molecule has 0 aliphatic carbocycles. The molecular weight excluding hydrogens is 917 g/mol. The molecule has 410 valence electrons. The van der Waals surface area contributed by atoms with E-state index < -0.39 is 5.60 Å². The number of benzene rings is 3. The van der Waals surface area contributed by atoms with Gasteiger partial charge in [0.15, 0.2) is 0 Å². The largest absolute Gasteiger partial charge is 0.379 e. The first-order valence-electron chi connectivity index (χ1n) is 27.6. The number of unbranched alkanes of at least 4 members (excludes halogenated alkanes) is 13. The fraction of sp³-hybridized carbons (Fsp3) is 0.695. The fourth-order valence-corrected chi connectivity index (χ4v) is 7.94. The van der Waals surface area contributed by atoms with E-state index >= 15 is 0 Å². The highest BCUT2D eigenvalue weighted by atomic mass is 16.6. The molecule has 0 aliphatic heterocycles. The molecule has 72 heavy (non-hydrogen) atoms. The SMILES string of the molecule is CCCCCCCCCCCCCCCCOCCOCCOCCOCCOCCOCCOCCOCCOCCOCCOCCOCCOC(c1ccccc1)(c1ccccc1)c1ccccc1. The van der Waals surface area contributed by atoms with Crippen LogP contribution < -0.4 is 0 Å². The monoisotopic (exact) mass is 1010 g/mol.